The Bertz CT molecular complexity index is 952. The van der Waals surface area contributed by atoms with Crippen LogP contribution in [-0.2, 0) is 12.3 Å². The fourth-order valence-corrected chi connectivity index (χ4v) is 4.35. The molecule has 3 aromatic rings. The van der Waals surface area contributed by atoms with Crippen molar-refractivity contribution in [3.8, 4) is 0 Å². The molecule has 7 heteroatoms. The van der Waals surface area contributed by atoms with E-state index in [0.717, 1.165) is 54.6 Å². The Kier molecular flexibility index (Phi) is 6.27. The molecule has 0 atom stereocenters. The number of thioether (sulfide) groups is 1. The van der Waals surface area contributed by atoms with Gasteiger partial charge in [-0.3, -0.25) is 14.7 Å². The number of carbonyl (C=O) groups excluding carboxylic acids is 1. The van der Waals surface area contributed by atoms with Crippen LogP contribution >= 0.6 is 11.8 Å². The average molecular weight is 409 g/mol. The van der Waals surface area contributed by atoms with Crippen molar-refractivity contribution in [1.29, 1.82) is 0 Å². The molecule has 1 aliphatic heterocycles. The van der Waals surface area contributed by atoms with Crippen LogP contribution in [0.4, 0.5) is 0 Å². The van der Waals surface area contributed by atoms with Crippen LogP contribution < -0.4 is 0 Å². The molecular formula is C22H24N4O2S. The molecule has 150 valence electrons. The molecule has 2 aromatic heterocycles. The summed E-state index contributed by atoms with van der Waals surface area (Å²) in [5.41, 5.74) is 2.88. The Morgan fingerprint density at radius 1 is 1.10 bits per heavy atom. The van der Waals surface area contributed by atoms with Gasteiger partial charge >= 0.3 is 0 Å². The zero-order valence-corrected chi connectivity index (χ0v) is 17.3. The topological polar surface area (TPSA) is 62.5 Å². The first kappa shape index (κ1) is 19.7. The highest BCUT2D eigenvalue weighted by atomic mass is 32.2. The number of aryl methyl sites for hydroxylation is 1. The Morgan fingerprint density at radius 3 is 2.59 bits per heavy atom. The van der Waals surface area contributed by atoms with Gasteiger partial charge in [0.15, 0.2) is 0 Å². The van der Waals surface area contributed by atoms with E-state index < -0.39 is 0 Å². The maximum Gasteiger partial charge on any atom is 0.255 e. The van der Waals surface area contributed by atoms with Crippen LogP contribution in [0.25, 0.3) is 0 Å². The minimum absolute atomic E-state index is 0.102. The molecule has 1 aliphatic rings. The van der Waals surface area contributed by atoms with Crippen LogP contribution in [0.3, 0.4) is 0 Å². The Balaban J connectivity index is 1.36. The van der Waals surface area contributed by atoms with Crippen molar-refractivity contribution in [3.05, 3.63) is 77.4 Å². The van der Waals surface area contributed by atoms with Crippen molar-refractivity contribution in [3.63, 3.8) is 0 Å². The van der Waals surface area contributed by atoms with Gasteiger partial charge in [-0.15, -0.1) is 11.8 Å². The standard InChI is InChI=1S/C22H24N4O2S/c1-17-14-19(28-24-17)16-29-21-5-3-2-4-20(21)22(27)26-12-10-25(11-13-26)15-18-6-8-23-9-7-18/h2-9,14H,10-13,15-16H2,1H3. The number of rotatable bonds is 6. The van der Waals surface area contributed by atoms with E-state index in [2.05, 4.69) is 15.0 Å². The molecule has 1 fully saturated rings. The summed E-state index contributed by atoms with van der Waals surface area (Å²) in [6.45, 7) is 6.03. The van der Waals surface area contributed by atoms with Gasteiger partial charge in [-0.1, -0.05) is 17.3 Å². The Hall–Kier alpha value is -2.64. The maximum atomic E-state index is 13.2. The van der Waals surface area contributed by atoms with Gasteiger partial charge in [0.25, 0.3) is 5.91 Å². The molecule has 1 amide bonds. The van der Waals surface area contributed by atoms with Crippen LogP contribution in [0.5, 0.6) is 0 Å². The minimum Gasteiger partial charge on any atom is -0.360 e. The normalized spacial score (nSPS) is 14.9. The Labute approximate surface area is 174 Å². The van der Waals surface area contributed by atoms with Crippen molar-refractivity contribution in [1.82, 2.24) is 19.9 Å². The molecule has 1 saturated heterocycles. The SMILES string of the molecule is Cc1cc(CSc2ccccc2C(=O)N2CCN(Cc3ccncc3)CC2)on1. The molecule has 0 aliphatic carbocycles. The van der Waals surface area contributed by atoms with E-state index in [9.17, 15) is 4.79 Å². The lowest BCUT2D eigenvalue weighted by molar-refractivity contribution is 0.0625. The highest BCUT2D eigenvalue weighted by Gasteiger charge is 2.24. The highest BCUT2D eigenvalue weighted by Crippen LogP contribution is 2.27. The van der Waals surface area contributed by atoms with E-state index in [0.29, 0.717) is 5.75 Å². The van der Waals surface area contributed by atoms with Gasteiger partial charge in [-0.2, -0.15) is 0 Å². The smallest absolute Gasteiger partial charge is 0.255 e. The van der Waals surface area contributed by atoms with Crippen LogP contribution in [0.2, 0.25) is 0 Å². The van der Waals surface area contributed by atoms with Gasteiger partial charge in [0.1, 0.15) is 5.76 Å². The van der Waals surface area contributed by atoms with Gasteiger partial charge in [0.05, 0.1) is 17.0 Å². The number of piperazine rings is 1. The summed E-state index contributed by atoms with van der Waals surface area (Å²) in [4.78, 5) is 22.5. The number of pyridine rings is 1. The number of nitrogens with zero attached hydrogens (tertiary/aromatic N) is 4. The minimum atomic E-state index is 0.102. The predicted octanol–water partition coefficient (Wildman–Crippen LogP) is 3.63. The van der Waals surface area contributed by atoms with Crippen molar-refractivity contribution >= 4 is 17.7 Å². The zero-order chi connectivity index (χ0) is 20.1. The summed E-state index contributed by atoms with van der Waals surface area (Å²) in [7, 11) is 0. The van der Waals surface area contributed by atoms with Gasteiger partial charge in [-0.25, -0.2) is 0 Å². The van der Waals surface area contributed by atoms with E-state index in [1.807, 2.05) is 66.7 Å². The first-order valence-electron chi connectivity index (χ1n) is 9.73. The third-order valence-corrected chi connectivity index (χ3v) is 6.08. The van der Waals surface area contributed by atoms with E-state index >= 15 is 0 Å². The summed E-state index contributed by atoms with van der Waals surface area (Å²) in [5.74, 6) is 1.58. The molecule has 0 spiro atoms. The average Bonchev–Trinajstić information content (AvgIpc) is 3.18. The molecule has 4 rings (SSSR count). The van der Waals surface area contributed by atoms with Crippen LogP contribution in [0.15, 0.2) is 64.3 Å². The molecule has 0 saturated carbocycles. The predicted molar refractivity (Wildman–Crippen MR) is 113 cm³/mol. The number of benzene rings is 1. The van der Waals surface area contributed by atoms with E-state index in [4.69, 9.17) is 4.52 Å². The molecule has 0 unspecified atom stereocenters. The maximum absolute atomic E-state index is 13.2. The second-order valence-corrected chi connectivity index (χ2v) is 8.16. The summed E-state index contributed by atoms with van der Waals surface area (Å²) in [5, 5.41) is 3.93. The van der Waals surface area contributed by atoms with Crippen molar-refractivity contribution < 1.29 is 9.32 Å². The number of amides is 1. The third-order valence-electron chi connectivity index (χ3n) is 4.98. The Morgan fingerprint density at radius 2 is 1.86 bits per heavy atom. The molecule has 0 radical (unpaired) electrons. The van der Waals surface area contributed by atoms with Crippen molar-refractivity contribution in [2.45, 2.75) is 24.1 Å². The molecule has 1 aromatic carbocycles. The molecule has 29 heavy (non-hydrogen) atoms. The number of carbonyl (C=O) groups is 1. The van der Waals surface area contributed by atoms with Crippen LogP contribution in [-0.4, -0.2) is 52.0 Å². The molecule has 6 nitrogen and oxygen atoms in total. The largest absolute Gasteiger partial charge is 0.360 e. The molecular weight excluding hydrogens is 384 g/mol. The lowest BCUT2D eigenvalue weighted by atomic mass is 10.1. The summed E-state index contributed by atoms with van der Waals surface area (Å²) < 4.78 is 5.29. The fourth-order valence-electron chi connectivity index (χ4n) is 3.43. The van der Waals surface area contributed by atoms with E-state index in [1.165, 1.54) is 5.56 Å². The number of hydrogen-bond acceptors (Lipinski definition) is 6. The van der Waals surface area contributed by atoms with Crippen molar-refractivity contribution in [2.75, 3.05) is 26.2 Å². The molecule has 3 heterocycles. The van der Waals surface area contributed by atoms with Crippen LogP contribution in [0, 0.1) is 6.92 Å². The summed E-state index contributed by atoms with van der Waals surface area (Å²) in [6.07, 6.45) is 3.65. The summed E-state index contributed by atoms with van der Waals surface area (Å²) in [6, 6.07) is 13.8. The first-order chi connectivity index (χ1) is 14.2. The van der Waals surface area contributed by atoms with Gasteiger partial charge in [-0.05, 0) is 36.8 Å². The van der Waals surface area contributed by atoms with Crippen LogP contribution in [0.1, 0.15) is 27.4 Å². The van der Waals surface area contributed by atoms with Gasteiger partial charge < -0.3 is 9.42 Å². The van der Waals surface area contributed by atoms with Gasteiger partial charge in [0, 0.05) is 56.1 Å². The van der Waals surface area contributed by atoms with Crippen molar-refractivity contribution in [2.24, 2.45) is 0 Å². The highest BCUT2D eigenvalue weighted by molar-refractivity contribution is 7.98. The molecule has 0 N–H and O–H groups in total. The summed E-state index contributed by atoms with van der Waals surface area (Å²) >= 11 is 1.61. The monoisotopic (exact) mass is 408 g/mol. The lowest BCUT2D eigenvalue weighted by Crippen LogP contribution is -2.48. The number of hydrogen-bond donors (Lipinski definition) is 0. The second-order valence-electron chi connectivity index (χ2n) is 7.14. The second kappa shape index (κ2) is 9.24. The first-order valence-corrected chi connectivity index (χ1v) is 10.7. The zero-order valence-electron chi connectivity index (χ0n) is 16.5. The quantitative estimate of drug-likeness (QED) is 0.581. The number of aromatic nitrogens is 2. The van der Waals surface area contributed by atoms with Gasteiger partial charge in [0.2, 0.25) is 0 Å². The molecule has 0 bridgehead atoms. The van der Waals surface area contributed by atoms with E-state index in [-0.39, 0.29) is 5.91 Å². The fraction of sp³-hybridized carbons (Fsp3) is 0.318. The lowest BCUT2D eigenvalue weighted by Gasteiger charge is -2.35. The van der Waals surface area contributed by atoms with E-state index in [1.54, 1.807) is 11.8 Å². The third kappa shape index (κ3) is 5.05.